The number of hydrogen-bond acceptors (Lipinski definition) is 3. The normalized spacial score (nSPS) is 17.6. The van der Waals surface area contributed by atoms with Crippen molar-refractivity contribution < 1.29 is 9.59 Å². The summed E-state index contributed by atoms with van der Waals surface area (Å²) in [4.78, 5) is 23.9. The molecule has 0 spiro atoms. The molecule has 0 aromatic heterocycles. The molecule has 0 saturated carbocycles. The Hall–Kier alpha value is -1.68. The predicted octanol–water partition coefficient (Wildman–Crippen LogP) is 1.20. The molecule has 1 heterocycles. The average molecular weight is 246 g/mol. The summed E-state index contributed by atoms with van der Waals surface area (Å²) in [5.74, 6) is -0.135. The number of hydrogen-bond donors (Lipinski definition) is 1. The minimum atomic E-state index is -0.176. The van der Waals surface area contributed by atoms with E-state index in [0.29, 0.717) is 5.56 Å². The summed E-state index contributed by atoms with van der Waals surface area (Å²) in [5, 5.41) is 0. The first-order valence-corrected chi connectivity index (χ1v) is 6.25. The molecule has 96 valence electrons. The largest absolute Gasteiger partial charge is 0.369 e. The number of nitrogens with zero attached hydrogens (tertiary/aromatic N) is 1. The third kappa shape index (κ3) is 3.17. The highest BCUT2D eigenvalue weighted by molar-refractivity contribution is 5.76. The van der Waals surface area contributed by atoms with Crippen molar-refractivity contribution in [2.24, 2.45) is 11.7 Å². The number of aldehydes is 1. The predicted molar refractivity (Wildman–Crippen MR) is 69.0 cm³/mol. The van der Waals surface area contributed by atoms with Crippen LogP contribution in [-0.4, -0.2) is 30.2 Å². The summed E-state index contributed by atoms with van der Waals surface area (Å²) in [7, 11) is 0. The van der Waals surface area contributed by atoms with Crippen molar-refractivity contribution in [1.82, 2.24) is 4.90 Å². The lowest BCUT2D eigenvalue weighted by molar-refractivity contribution is -0.123. The van der Waals surface area contributed by atoms with E-state index in [1.165, 1.54) is 5.56 Å². The molecule has 2 N–H and O–H groups in total. The molecule has 0 radical (unpaired) electrons. The first kappa shape index (κ1) is 12.8. The van der Waals surface area contributed by atoms with E-state index in [-0.39, 0.29) is 11.8 Å². The molecule has 1 aliphatic rings. The third-order valence-corrected chi connectivity index (χ3v) is 3.51. The van der Waals surface area contributed by atoms with Crippen molar-refractivity contribution in [3.8, 4) is 0 Å². The fourth-order valence-electron chi connectivity index (χ4n) is 2.34. The Labute approximate surface area is 107 Å². The second-order valence-corrected chi connectivity index (χ2v) is 4.81. The number of amides is 1. The Kier molecular flexibility index (Phi) is 4.10. The highest BCUT2D eigenvalue weighted by atomic mass is 16.1. The SMILES string of the molecule is NC(=O)C1CCN(Cc2ccc(C=O)cc2)CC1. The lowest BCUT2D eigenvalue weighted by Gasteiger charge is -2.30. The van der Waals surface area contributed by atoms with Crippen molar-refractivity contribution in [1.29, 1.82) is 0 Å². The summed E-state index contributed by atoms with van der Waals surface area (Å²) in [6.07, 6.45) is 2.55. The molecule has 4 nitrogen and oxygen atoms in total. The monoisotopic (exact) mass is 246 g/mol. The van der Waals surface area contributed by atoms with Crippen LogP contribution in [0.3, 0.4) is 0 Å². The van der Waals surface area contributed by atoms with E-state index in [2.05, 4.69) is 4.90 Å². The number of rotatable bonds is 4. The molecule has 1 aliphatic heterocycles. The van der Waals surface area contributed by atoms with Crippen molar-refractivity contribution in [2.45, 2.75) is 19.4 Å². The van der Waals surface area contributed by atoms with Crippen LogP contribution in [-0.2, 0) is 11.3 Å². The molecule has 4 heteroatoms. The lowest BCUT2D eigenvalue weighted by atomic mass is 9.96. The zero-order chi connectivity index (χ0) is 13.0. The molecule has 0 atom stereocenters. The van der Waals surface area contributed by atoms with Gasteiger partial charge in [-0.15, -0.1) is 0 Å². The molecule has 0 bridgehead atoms. The van der Waals surface area contributed by atoms with Crippen LogP contribution in [0.15, 0.2) is 24.3 Å². The van der Waals surface area contributed by atoms with Gasteiger partial charge in [0.15, 0.2) is 0 Å². The highest BCUT2D eigenvalue weighted by Gasteiger charge is 2.22. The molecule has 1 aromatic rings. The molecule has 2 rings (SSSR count). The van der Waals surface area contributed by atoms with Gasteiger partial charge in [-0.25, -0.2) is 0 Å². The number of piperidine rings is 1. The van der Waals surface area contributed by atoms with Crippen LogP contribution in [0.5, 0.6) is 0 Å². The lowest BCUT2D eigenvalue weighted by Crippen LogP contribution is -2.38. The molecule has 0 aliphatic carbocycles. The minimum absolute atomic E-state index is 0.0405. The first-order valence-electron chi connectivity index (χ1n) is 6.25. The first-order chi connectivity index (χ1) is 8.69. The second kappa shape index (κ2) is 5.78. The Morgan fingerprint density at radius 2 is 1.89 bits per heavy atom. The molecule has 1 amide bonds. The van der Waals surface area contributed by atoms with E-state index in [1.807, 2.05) is 24.3 Å². The van der Waals surface area contributed by atoms with Crippen molar-refractivity contribution in [2.75, 3.05) is 13.1 Å². The van der Waals surface area contributed by atoms with Crippen LogP contribution in [0, 0.1) is 5.92 Å². The Bertz CT molecular complexity index is 420. The number of benzene rings is 1. The number of nitrogens with two attached hydrogens (primary N) is 1. The van der Waals surface area contributed by atoms with E-state index < -0.39 is 0 Å². The van der Waals surface area contributed by atoms with Gasteiger partial charge >= 0.3 is 0 Å². The standard InChI is InChI=1S/C14H18N2O2/c15-14(18)13-5-7-16(8-6-13)9-11-1-3-12(10-17)4-2-11/h1-4,10,13H,5-9H2,(H2,15,18). The molecule has 18 heavy (non-hydrogen) atoms. The van der Waals surface area contributed by atoms with Crippen LogP contribution in [0.4, 0.5) is 0 Å². The van der Waals surface area contributed by atoms with Gasteiger partial charge in [0.1, 0.15) is 6.29 Å². The maximum atomic E-state index is 11.1. The fourth-order valence-corrected chi connectivity index (χ4v) is 2.34. The fraction of sp³-hybridized carbons (Fsp3) is 0.429. The van der Waals surface area contributed by atoms with Gasteiger partial charge in [-0.3, -0.25) is 14.5 Å². The zero-order valence-corrected chi connectivity index (χ0v) is 10.3. The van der Waals surface area contributed by atoms with Gasteiger partial charge in [0, 0.05) is 18.0 Å². The van der Waals surface area contributed by atoms with Gasteiger partial charge in [-0.2, -0.15) is 0 Å². The van der Waals surface area contributed by atoms with E-state index in [0.717, 1.165) is 38.8 Å². The zero-order valence-electron chi connectivity index (χ0n) is 10.3. The van der Waals surface area contributed by atoms with Gasteiger partial charge in [0.05, 0.1) is 0 Å². The number of likely N-dealkylation sites (tertiary alicyclic amines) is 1. The van der Waals surface area contributed by atoms with Gasteiger partial charge in [-0.1, -0.05) is 24.3 Å². The van der Waals surface area contributed by atoms with E-state index in [4.69, 9.17) is 5.73 Å². The van der Waals surface area contributed by atoms with E-state index in [9.17, 15) is 9.59 Å². The molecule has 1 aromatic carbocycles. The summed E-state index contributed by atoms with van der Waals surface area (Å²) in [6.45, 7) is 2.68. The van der Waals surface area contributed by atoms with Crippen molar-refractivity contribution >= 4 is 12.2 Å². The van der Waals surface area contributed by atoms with Crippen LogP contribution in [0.25, 0.3) is 0 Å². The second-order valence-electron chi connectivity index (χ2n) is 4.81. The van der Waals surface area contributed by atoms with Crippen molar-refractivity contribution in [3.05, 3.63) is 35.4 Å². The van der Waals surface area contributed by atoms with Crippen LogP contribution in [0.1, 0.15) is 28.8 Å². The maximum Gasteiger partial charge on any atom is 0.220 e. The molecule has 0 unspecified atom stereocenters. The topological polar surface area (TPSA) is 63.4 Å². The highest BCUT2D eigenvalue weighted by Crippen LogP contribution is 2.18. The minimum Gasteiger partial charge on any atom is -0.369 e. The Morgan fingerprint density at radius 1 is 1.28 bits per heavy atom. The smallest absolute Gasteiger partial charge is 0.220 e. The maximum absolute atomic E-state index is 11.1. The van der Waals surface area contributed by atoms with Gasteiger partial charge in [0.25, 0.3) is 0 Å². The van der Waals surface area contributed by atoms with Gasteiger partial charge in [0.2, 0.25) is 5.91 Å². The van der Waals surface area contributed by atoms with Crippen LogP contribution < -0.4 is 5.73 Å². The quantitative estimate of drug-likeness (QED) is 0.812. The van der Waals surface area contributed by atoms with Gasteiger partial charge in [-0.05, 0) is 31.5 Å². The Morgan fingerprint density at radius 3 is 2.39 bits per heavy atom. The summed E-state index contributed by atoms with van der Waals surface area (Å²) < 4.78 is 0. The molecular formula is C14H18N2O2. The molecule has 1 fully saturated rings. The number of carbonyl (C=O) groups is 2. The average Bonchev–Trinajstić information content (AvgIpc) is 2.40. The van der Waals surface area contributed by atoms with Crippen LogP contribution >= 0.6 is 0 Å². The summed E-state index contributed by atoms with van der Waals surface area (Å²) in [5.41, 5.74) is 7.20. The van der Waals surface area contributed by atoms with E-state index in [1.54, 1.807) is 0 Å². The molecular weight excluding hydrogens is 228 g/mol. The summed E-state index contributed by atoms with van der Waals surface area (Å²) >= 11 is 0. The van der Waals surface area contributed by atoms with Gasteiger partial charge < -0.3 is 5.73 Å². The number of primary amides is 1. The van der Waals surface area contributed by atoms with Crippen LogP contribution in [0.2, 0.25) is 0 Å². The summed E-state index contributed by atoms with van der Waals surface area (Å²) in [6, 6.07) is 7.62. The van der Waals surface area contributed by atoms with Crippen molar-refractivity contribution in [3.63, 3.8) is 0 Å². The Balaban J connectivity index is 1.87. The van der Waals surface area contributed by atoms with E-state index >= 15 is 0 Å². The number of carbonyl (C=O) groups excluding carboxylic acids is 2. The molecule has 1 saturated heterocycles. The third-order valence-electron chi connectivity index (χ3n) is 3.51.